The molecule has 0 aliphatic carbocycles. The Bertz CT molecular complexity index is 729. The lowest BCUT2D eigenvalue weighted by Crippen LogP contribution is -2.20. The molecule has 0 saturated carbocycles. The van der Waals surface area contributed by atoms with Gasteiger partial charge in [0.05, 0.1) is 6.04 Å². The van der Waals surface area contributed by atoms with Crippen LogP contribution in [0, 0.1) is 12.7 Å². The molecule has 1 unspecified atom stereocenters. The molecule has 2 aromatic heterocycles. The van der Waals surface area contributed by atoms with E-state index >= 15 is 0 Å². The predicted molar refractivity (Wildman–Crippen MR) is 86.4 cm³/mol. The molecule has 1 atom stereocenters. The van der Waals surface area contributed by atoms with Gasteiger partial charge in [-0.3, -0.25) is 0 Å². The van der Waals surface area contributed by atoms with Crippen LogP contribution >= 0.6 is 22.7 Å². The minimum atomic E-state index is -0.172. The van der Waals surface area contributed by atoms with Crippen LogP contribution < -0.4 is 5.32 Å². The van der Waals surface area contributed by atoms with Gasteiger partial charge in [-0.2, -0.15) is 0 Å². The molecule has 0 spiro atoms. The largest absolute Gasteiger partial charge is 0.305 e. The summed E-state index contributed by atoms with van der Waals surface area (Å²) in [5, 5.41) is 6.66. The summed E-state index contributed by atoms with van der Waals surface area (Å²) < 4.78 is 14.5. The van der Waals surface area contributed by atoms with Crippen molar-refractivity contribution in [3.63, 3.8) is 0 Å². The molecule has 0 aliphatic rings. The Balaban J connectivity index is 2.07. The van der Waals surface area contributed by atoms with E-state index in [1.807, 2.05) is 6.07 Å². The highest BCUT2D eigenvalue weighted by molar-refractivity contribution is 7.19. The molecule has 2 heterocycles. The topological polar surface area (TPSA) is 12.0 Å². The number of nitrogens with one attached hydrogen (secondary N) is 1. The maximum atomic E-state index is 13.3. The molecule has 4 heteroatoms. The van der Waals surface area contributed by atoms with Crippen LogP contribution in [0.3, 0.4) is 0 Å². The van der Waals surface area contributed by atoms with Crippen molar-refractivity contribution in [2.24, 2.45) is 0 Å². The summed E-state index contributed by atoms with van der Waals surface area (Å²) in [5.74, 6) is -0.172. The Hall–Kier alpha value is -1.23. The second kappa shape index (κ2) is 5.64. The van der Waals surface area contributed by atoms with Crippen LogP contribution in [0.25, 0.3) is 10.1 Å². The van der Waals surface area contributed by atoms with Gasteiger partial charge in [-0.05, 0) is 60.1 Å². The zero-order valence-corrected chi connectivity index (χ0v) is 13.1. The average molecular weight is 305 g/mol. The monoisotopic (exact) mass is 305 g/mol. The van der Waals surface area contributed by atoms with Crippen LogP contribution in [0.5, 0.6) is 0 Å². The van der Waals surface area contributed by atoms with E-state index in [1.165, 1.54) is 21.4 Å². The number of fused-ring (bicyclic) bond motifs is 1. The third-order valence-electron chi connectivity index (χ3n) is 3.35. The third-order valence-corrected chi connectivity index (χ3v) is 5.62. The standard InChI is InChI=1S/C16H16FNS2/c1-3-18-15(16-10(2)6-7-19-16)14-9-11-8-12(17)4-5-13(11)20-14/h4-9,15,18H,3H2,1-2H3. The fraction of sp³-hybridized carbons (Fsp3) is 0.250. The SMILES string of the molecule is CCNC(c1cc2cc(F)ccc2s1)c1sccc1C. The van der Waals surface area contributed by atoms with Gasteiger partial charge < -0.3 is 5.32 Å². The molecule has 104 valence electrons. The number of thiophene rings is 2. The lowest BCUT2D eigenvalue weighted by Gasteiger charge is -2.16. The molecule has 0 saturated heterocycles. The van der Waals surface area contributed by atoms with E-state index in [0.717, 1.165) is 16.6 Å². The van der Waals surface area contributed by atoms with Crippen LogP contribution in [0.4, 0.5) is 4.39 Å². The van der Waals surface area contributed by atoms with Gasteiger partial charge in [0.1, 0.15) is 5.82 Å². The van der Waals surface area contributed by atoms with Crippen molar-refractivity contribution in [1.29, 1.82) is 0 Å². The zero-order chi connectivity index (χ0) is 14.1. The fourth-order valence-corrected chi connectivity index (χ4v) is 4.61. The summed E-state index contributed by atoms with van der Waals surface area (Å²) in [6.45, 7) is 5.16. The number of hydrogen-bond acceptors (Lipinski definition) is 3. The van der Waals surface area contributed by atoms with Gasteiger partial charge in [0.25, 0.3) is 0 Å². The number of rotatable bonds is 4. The van der Waals surface area contributed by atoms with E-state index in [4.69, 9.17) is 0 Å². The number of aryl methyl sites for hydroxylation is 1. The van der Waals surface area contributed by atoms with Gasteiger partial charge in [-0.1, -0.05) is 6.92 Å². The molecule has 1 nitrogen and oxygen atoms in total. The summed E-state index contributed by atoms with van der Waals surface area (Å²) in [7, 11) is 0. The molecule has 0 aliphatic heterocycles. The maximum Gasteiger partial charge on any atom is 0.123 e. The third kappa shape index (κ3) is 2.51. The molecule has 1 N–H and O–H groups in total. The van der Waals surface area contributed by atoms with Crippen LogP contribution in [0.1, 0.15) is 28.3 Å². The van der Waals surface area contributed by atoms with Gasteiger partial charge in [-0.15, -0.1) is 22.7 Å². The minimum Gasteiger partial charge on any atom is -0.305 e. The second-order valence-electron chi connectivity index (χ2n) is 4.79. The Morgan fingerprint density at radius 3 is 2.80 bits per heavy atom. The lowest BCUT2D eigenvalue weighted by atomic mass is 10.1. The molecule has 0 radical (unpaired) electrons. The molecule has 0 amide bonds. The van der Waals surface area contributed by atoms with Crippen molar-refractivity contribution < 1.29 is 4.39 Å². The van der Waals surface area contributed by atoms with Crippen molar-refractivity contribution >= 4 is 32.8 Å². The highest BCUT2D eigenvalue weighted by Gasteiger charge is 2.19. The van der Waals surface area contributed by atoms with Crippen LogP contribution in [-0.2, 0) is 0 Å². The minimum absolute atomic E-state index is 0.172. The number of halogens is 1. The second-order valence-corrected chi connectivity index (χ2v) is 6.85. The smallest absolute Gasteiger partial charge is 0.123 e. The van der Waals surface area contributed by atoms with Crippen molar-refractivity contribution in [3.05, 3.63) is 56.8 Å². The number of benzene rings is 1. The van der Waals surface area contributed by atoms with E-state index in [-0.39, 0.29) is 11.9 Å². The van der Waals surface area contributed by atoms with Crippen molar-refractivity contribution in [3.8, 4) is 0 Å². The predicted octanol–water partition coefficient (Wildman–Crippen LogP) is 5.11. The summed E-state index contributed by atoms with van der Waals surface area (Å²) >= 11 is 3.51. The summed E-state index contributed by atoms with van der Waals surface area (Å²) in [6.07, 6.45) is 0. The van der Waals surface area contributed by atoms with Gasteiger partial charge in [0.15, 0.2) is 0 Å². The van der Waals surface area contributed by atoms with Crippen LogP contribution in [-0.4, -0.2) is 6.54 Å². The molecule has 0 fully saturated rings. The first-order valence-corrected chi connectivity index (χ1v) is 8.35. The van der Waals surface area contributed by atoms with Crippen molar-refractivity contribution in [2.75, 3.05) is 6.54 Å². The van der Waals surface area contributed by atoms with E-state index in [2.05, 4.69) is 36.7 Å². The molecule has 1 aromatic carbocycles. The van der Waals surface area contributed by atoms with Crippen molar-refractivity contribution in [2.45, 2.75) is 19.9 Å². The lowest BCUT2D eigenvalue weighted by molar-refractivity contribution is 0.629. The Morgan fingerprint density at radius 1 is 1.25 bits per heavy atom. The summed E-state index contributed by atoms with van der Waals surface area (Å²) in [6, 6.07) is 9.47. The molecule has 20 heavy (non-hydrogen) atoms. The summed E-state index contributed by atoms with van der Waals surface area (Å²) in [5.41, 5.74) is 1.31. The fourth-order valence-electron chi connectivity index (χ4n) is 2.38. The Kier molecular flexibility index (Phi) is 3.87. The van der Waals surface area contributed by atoms with E-state index in [1.54, 1.807) is 28.7 Å². The molecule has 3 rings (SSSR count). The Labute approximate surface area is 126 Å². The van der Waals surface area contributed by atoms with Gasteiger partial charge in [-0.25, -0.2) is 4.39 Å². The van der Waals surface area contributed by atoms with E-state index in [0.29, 0.717) is 0 Å². The maximum absolute atomic E-state index is 13.3. The zero-order valence-electron chi connectivity index (χ0n) is 11.4. The molecular weight excluding hydrogens is 289 g/mol. The van der Waals surface area contributed by atoms with Gasteiger partial charge in [0.2, 0.25) is 0 Å². The summed E-state index contributed by atoms with van der Waals surface area (Å²) in [4.78, 5) is 2.59. The van der Waals surface area contributed by atoms with Crippen molar-refractivity contribution in [1.82, 2.24) is 5.32 Å². The molecular formula is C16H16FNS2. The quantitative estimate of drug-likeness (QED) is 0.706. The molecule has 0 bridgehead atoms. The normalized spacial score (nSPS) is 12.9. The average Bonchev–Trinajstić information content (AvgIpc) is 3.01. The highest BCUT2D eigenvalue weighted by atomic mass is 32.1. The first kappa shape index (κ1) is 13.7. The van der Waals surface area contributed by atoms with Gasteiger partial charge in [0, 0.05) is 14.5 Å². The van der Waals surface area contributed by atoms with E-state index < -0.39 is 0 Å². The Morgan fingerprint density at radius 2 is 2.10 bits per heavy atom. The van der Waals surface area contributed by atoms with Gasteiger partial charge >= 0.3 is 0 Å². The van der Waals surface area contributed by atoms with Crippen LogP contribution in [0.2, 0.25) is 0 Å². The highest BCUT2D eigenvalue weighted by Crippen LogP contribution is 2.36. The number of hydrogen-bond donors (Lipinski definition) is 1. The van der Waals surface area contributed by atoms with Crippen LogP contribution in [0.15, 0.2) is 35.7 Å². The van der Waals surface area contributed by atoms with E-state index in [9.17, 15) is 4.39 Å². The first-order valence-electron chi connectivity index (χ1n) is 6.65. The first-order chi connectivity index (χ1) is 9.69. The molecule has 3 aromatic rings.